The molecule has 1 aliphatic rings. The van der Waals surface area contributed by atoms with Crippen LogP contribution in [-0.4, -0.2) is 39.5 Å². The molecule has 0 saturated carbocycles. The van der Waals surface area contributed by atoms with Gasteiger partial charge in [-0.2, -0.15) is 0 Å². The minimum Gasteiger partial charge on any atom is -0.409 e. The lowest BCUT2D eigenvalue weighted by Gasteiger charge is -2.40. The summed E-state index contributed by atoms with van der Waals surface area (Å²) in [5, 5.41) is -0.0509. The molecule has 1 aliphatic carbocycles. The van der Waals surface area contributed by atoms with E-state index in [2.05, 4.69) is 33.9 Å². The van der Waals surface area contributed by atoms with E-state index in [-0.39, 0.29) is 5.04 Å². The van der Waals surface area contributed by atoms with Gasteiger partial charge in [0.05, 0.1) is 6.10 Å². The molecule has 1 amide bonds. The average molecular weight is 409 g/mol. The van der Waals surface area contributed by atoms with E-state index in [0.29, 0.717) is 23.1 Å². The number of carbonyl (C=O) groups is 2. The third-order valence-electron chi connectivity index (χ3n) is 6.70. The Balaban J connectivity index is 2.62. The summed E-state index contributed by atoms with van der Waals surface area (Å²) in [7, 11) is 1.26. The zero-order valence-electron chi connectivity index (χ0n) is 18.2. The highest BCUT2D eigenvalue weighted by Gasteiger charge is 2.45. The molecular weight excluding hydrogens is 375 g/mol. The van der Waals surface area contributed by atoms with Gasteiger partial charge in [0.15, 0.2) is 8.32 Å². The van der Waals surface area contributed by atoms with Crippen LogP contribution in [0.3, 0.4) is 0 Å². The molecule has 0 heterocycles. The fourth-order valence-corrected chi connectivity index (χ4v) is 4.66. The summed E-state index contributed by atoms with van der Waals surface area (Å²) >= 11 is 0. The maximum absolute atomic E-state index is 15.0. The second-order valence-corrected chi connectivity index (χ2v) is 14.4. The van der Waals surface area contributed by atoms with E-state index in [0.717, 1.165) is 6.29 Å². The molecule has 0 radical (unpaired) electrons. The second kappa shape index (κ2) is 7.35. The molecule has 0 spiro atoms. The number of amides is 1. The molecule has 0 aliphatic heterocycles. The van der Waals surface area contributed by atoms with Gasteiger partial charge >= 0.3 is 0 Å². The van der Waals surface area contributed by atoms with Gasteiger partial charge in [-0.1, -0.05) is 26.8 Å². The monoisotopic (exact) mass is 408 g/mol. The summed E-state index contributed by atoms with van der Waals surface area (Å²) in [5.41, 5.74) is 6.12. The average Bonchev–Trinajstić information content (AvgIpc) is 2.90. The van der Waals surface area contributed by atoms with Gasteiger partial charge in [-0.15, -0.1) is 0 Å². The van der Waals surface area contributed by atoms with Crippen molar-refractivity contribution in [2.45, 2.75) is 63.9 Å². The molecule has 7 heteroatoms. The summed E-state index contributed by atoms with van der Waals surface area (Å²) in [6, 6.07) is 3.16. The van der Waals surface area contributed by atoms with E-state index in [1.807, 2.05) is 0 Å². The number of nitrogens with two attached hydrogens (primary N) is 1. The Morgan fingerprint density at radius 2 is 1.86 bits per heavy atom. The Morgan fingerprint density at radius 1 is 1.29 bits per heavy atom. The van der Waals surface area contributed by atoms with E-state index in [1.165, 1.54) is 6.07 Å². The second-order valence-electron chi connectivity index (χ2n) is 9.66. The first kappa shape index (κ1) is 22.7. The van der Waals surface area contributed by atoms with Crippen molar-refractivity contribution >= 4 is 20.5 Å². The molecule has 3 unspecified atom stereocenters. The minimum atomic E-state index is -2.20. The van der Waals surface area contributed by atoms with Crippen LogP contribution in [0.4, 0.5) is 4.39 Å². The fourth-order valence-electron chi connectivity index (χ4n) is 3.37. The molecule has 2 N–H and O–H groups in total. The predicted molar refractivity (Wildman–Crippen MR) is 111 cm³/mol. The predicted octanol–water partition coefficient (Wildman–Crippen LogP) is 3.52. The maximum atomic E-state index is 15.0. The molecule has 0 bridgehead atoms. The highest BCUT2D eigenvalue weighted by Crippen LogP contribution is 2.47. The van der Waals surface area contributed by atoms with Crippen molar-refractivity contribution in [2.24, 2.45) is 11.7 Å². The van der Waals surface area contributed by atoms with Gasteiger partial charge in [0.2, 0.25) is 5.91 Å². The Bertz CT molecular complexity index is 789. The molecule has 1 aromatic rings. The quantitative estimate of drug-likeness (QED) is 0.577. The number of likely N-dealkylation sites (N-methyl/N-ethyl adjacent to an activating group) is 1. The fraction of sp³-hybridized carbons (Fsp3) is 0.619. The number of benzene rings is 1. The Labute approximate surface area is 168 Å². The number of carbonyl (C=O) groups excluding carboxylic acids is 2. The van der Waals surface area contributed by atoms with Gasteiger partial charge in [-0.3, -0.25) is 9.69 Å². The SMILES string of the molecule is CN(C)C(C)(C(N)=O)c1cc(F)c2c(c1)C(O[Si](C)(C)C(C)(C)C)C(C=O)C2. The lowest BCUT2D eigenvalue weighted by Crippen LogP contribution is -2.49. The van der Waals surface area contributed by atoms with Crippen LogP contribution in [0.25, 0.3) is 0 Å². The van der Waals surface area contributed by atoms with Crippen LogP contribution in [0.1, 0.15) is 50.5 Å². The van der Waals surface area contributed by atoms with Gasteiger partial charge in [-0.25, -0.2) is 4.39 Å². The number of rotatable bonds is 6. The molecule has 2 rings (SSSR count). The molecule has 3 atom stereocenters. The first-order valence-electron chi connectivity index (χ1n) is 9.60. The zero-order chi connectivity index (χ0) is 21.7. The van der Waals surface area contributed by atoms with Crippen molar-refractivity contribution in [1.29, 1.82) is 0 Å². The molecular formula is C21H33FN2O3Si. The maximum Gasteiger partial charge on any atom is 0.242 e. The minimum absolute atomic E-state index is 0.0509. The Morgan fingerprint density at radius 3 is 2.29 bits per heavy atom. The number of nitrogens with zero attached hydrogens (tertiary/aromatic N) is 1. The van der Waals surface area contributed by atoms with Crippen LogP contribution in [0.15, 0.2) is 12.1 Å². The van der Waals surface area contributed by atoms with Crippen molar-refractivity contribution in [2.75, 3.05) is 14.1 Å². The number of halogens is 1. The molecule has 156 valence electrons. The third kappa shape index (κ3) is 3.67. The Kier molecular flexibility index (Phi) is 5.96. The smallest absolute Gasteiger partial charge is 0.242 e. The van der Waals surface area contributed by atoms with Crippen LogP contribution in [-0.2, 0) is 26.0 Å². The highest BCUT2D eigenvalue weighted by molar-refractivity contribution is 6.74. The number of aldehydes is 1. The topological polar surface area (TPSA) is 72.6 Å². The molecule has 0 fully saturated rings. The number of fused-ring (bicyclic) bond motifs is 1. The summed E-state index contributed by atoms with van der Waals surface area (Å²) < 4.78 is 21.6. The van der Waals surface area contributed by atoms with Crippen LogP contribution in [0.5, 0.6) is 0 Å². The van der Waals surface area contributed by atoms with E-state index < -0.39 is 37.6 Å². The van der Waals surface area contributed by atoms with Crippen LogP contribution in [0.2, 0.25) is 18.1 Å². The van der Waals surface area contributed by atoms with Crippen molar-refractivity contribution in [3.8, 4) is 0 Å². The molecule has 5 nitrogen and oxygen atoms in total. The van der Waals surface area contributed by atoms with Crippen molar-refractivity contribution < 1.29 is 18.4 Å². The lowest BCUT2D eigenvalue weighted by molar-refractivity contribution is -0.128. The van der Waals surface area contributed by atoms with Crippen LogP contribution >= 0.6 is 0 Å². The Hall–Kier alpha value is -1.57. The lowest BCUT2D eigenvalue weighted by atomic mass is 9.87. The molecule has 0 saturated heterocycles. The summed E-state index contributed by atoms with van der Waals surface area (Å²) in [4.78, 5) is 25.6. The molecule has 0 aromatic heterocycles. The van der Waals surface area contributed by atoms with Crippen LogP contribution in [0, 0.1) is 11.7 Å². The van der Waals surface area contributed by atoms with E-state index in [4.69, 9.17) is 10.2 Å². The van der Waals surface area contributed by atoms with Gasteiger partial charge in [0, 0.05) is 5.92 Å². The van der Waals surface area contributed by atoms with E-state index >= 15 is 4.39 Å². The first-order chi connectivity index (χ1) is 12.7. The largest absolute Gasteiger partial charge is 0.409 e. The number of hydrogen-bond acceptors (Lipinski definition) is 4. The highest BCUT2D eigenvalue weighted by atomic mass is 28.4. The first-order valence-corrected chi connectivity index (χ1v) is 12.5. The summed E-state index contributed by atoms with van der Waals surface area (Å²) in [5.74, 6) is -1.42. The van der Waals surface area contributed by atoms with Crippen molar-refractivity contribution in [3.63, 3.8) is 0 Å². The van der Waals surface area contributed by atoms with Crippen molar-refractivity contribution in [1.82, 2.24) is 4.90 Å². The number of hydrogen-bond donors (Lipinski definition) is 1. The van der Waals surface area contributed by atoms with Gasteiger partial charge in [-0.05, 0) is 68.3 Å². The van der Waals surface area contributed by atoms with Crippen LogP contribution < -0.4 is 5.73 Å². The normalized spacial score (nSPS) is 22.1. The zero-order valence-corrected chi connectivity index (χ0v) is 19.2. The summed E-state index contributed by atoms with van der Waals surface area (Å²) in [6.45, 7) is 12.3. The van der Waals surface area contributed by atoms with E-state index in [1.54, 1.807) is 32.0 Å². The third-order valence-corrected chi connectivity index (χ3v) is 11.2. The number of primary amides is 1. The molecule has 1 aromatic carbocycles. The van der Waals surface area contributed by atoms with E-state index in [9.17, 15) is 9.59 Å². The van der Waals surface area contributed by atoms with Gasteiger partial charge in [0.25, 0.3) is 0 Å². The summed E-state index contributed by atoms with van der Waals surface area (Å²) in [6.07, 6.45) is 0.650. The van der Waals surface area contributed by atoms with Crippen molar-refractivity contribution in [3.05, 3.63) is 34.6 Å². The van der Waals surface area contributed by atoms with Gasteiger partial charge < -0.3 is 15.0 Å². The standard InChI is InChI=1S/C21H33FN2O3Si/c1-20(2,3)28(7,8)27-18-13(12-25)9-15-16(18)10-14(11-17(15)22)21(4,19(23)26)24(5)6/h10-13,18H,9H2,1-8H3,(H2,23,26). The molecule has 28 heavy (non-hydrogen) atoms. The van der Waals surface area contributed by atoms with Gasteiger partial charge in [0.1, 0.15) is 17.6 Å².